The van der Waals surface area contributed by atoms with Crippen molar-refractivity contribution in [2.24, 2.45) is 0 Å². The fourth-order valence-electron chi connectivity index (χ4n) is 4.04. The summed E-state index contributed by atoms with van der Waals surface area (Å²) in [7, 11) is 0. The Morgan fingerprint density at radius 1 is 0.889 bits per heavy atom. The van der Waals surface area contributed by atoms with Crippen LogP contribution in [0.3, 0.4) is 0 Å². The van der Waals surface area contributed by atoms with Crippen molar-refractivity contribution in [2.75, 3.05) is 44.6 Å². The Labute approximate surface area is 220 Å². The summed E-state index contributed by atoms with van der Waals surface area (Å²) in [6, 6.07) is 19.8. The second-order valence-corrected chi connectivity index (χ2v) is 9.50. The van der Waals surface area contributed by atoms with Crippen LogP contribution in [0.2, 0.25) is 10.0 Å². The standard InChI is InChI=1S/C27H27Cl2FN4O2/c28-22-8-6-21(7-9-22)26(35)33-15-12-32(13-16-33)14-17-34(19-20-4-10-24(30)11-5-20)27(36)31-25-3-1-2-23(29)18-25/h1-11,18H,12-17,19H2,(H,31,36). The number of anilines is 1. The van der Waals surface area contributed by atoms with E-state index in [4.69, 9.17) is 23.2 Å². The molecule has 3 aromatic rings. The van der Waals surface area contributed by atoms with Gasteiger partial charge in [0.1, 0.15) is 5.82 Å². The molecular weight excluding hydrogens is 502 g/mol. The summed E-state index contributed by atoms with van der Waals surface area (Å²) in [6.45, 7) is 4.07. The van der Waals surface area contributed by atoms with Gasteiger partial charge in [0.25, 0.3) is 5.91 Å². The van der Waals surface area contributed by atoms with Gasteiger partial charge in [-0.05, 0) is 60.2 Å². The Morgan fingerprint density at radius 2 is 1.58 bits per heavy atom. The minimum Gasteiger partial charge on any atom is -0.336 e. The van der Waals surface area contributed by atoms with Crippen LogP contribution in [-0.4, -0.2) is 65.9 Å². The number of amides is 3. The number of rotatable bonds is 7. The molecule has 6 nitrogen and oxygen atoms in total. The van der Waals surface area contributed by atoms with Crippen LogP contribution in [0.15, 0.2) is 72.8 Å². The summed E-state index contributed by atoms with van der Waals surface area (Å²) in [5.41, 5.74) is 2.05. The van der Waals surface area contributed by atoms with E-state index in [1.807, 2.05) is 4.90 Å². The highest BCUT2D eigenvalue weighted by atomic mass is 35.5. The maximum Gasteiger partial charge on any atom is 0.322 e. The molecule has 1 saturated heterocycles. The SMILES string of the molecule is O=C(Nc1cccc(Cl)c1)N(CCN1CCN(C(=O)c2ccc(Cl)cc2)CC1)Cc1ccc(F)cc1. The minimum absolute atomic E-state index is 0.00912. The van der Waals surface area contributed by atoms with Gasteiger partial charge in [-0.1, -0.05) is 41.4 Å². The second-order valence-electron chi connectivity index (χ2n) is 8.63. The fourth-order valence-corrected chi connectivity index (χ4v) is 4.36. The number of nitrogens with zero attached hydrogens (tertiary/aromatic N) is 3. The minimum atomic E-state index is -0.320. The number of nitrogens with one attached hydrogen (secondary N) is 1. The van der Waals surface area contributed by atoms with Crippen molar-refractivity contribution in [2.45, 2.75) is 6.54 Å². The molecule has 0 bridgehead atoms. The van der Waals surface area contributed by atoms with Crippen LogP contribution in [0.25, 0.3) is 0 Å². The lowest BCUT2D eigenvalue weighted by Crippen LogP contribution is -2.50. The van der Waals surface area contributed by atoms with E-state index in [9.17, 15) is 14.0 Å². The maximum atomic E-state index is 13.4. The molecule has 0 aromatic heterocycles. The molecule has 188 valence electrons. The van der Waals surface area contributed by atoms with Crippen LogP contribution in [0.5, 0.6) is 0 Å². The Hall–Kier alpha value is -3.13. The average molecular weight is 529 g/mol. The molecule has 1 aliphatic rings. The summed E-state index contributed by atoms with van der Waals surface area (Å²) in [5, 5.41) is 4.02. The number of halogens is 3. The second kappa shape index (κ2) is 12.2. The van der Waals surface area contributed by atoms with E-state index in [-0.39, 0.29) is 17.8 Å². The summed E-state index contributed by atoms with van der Waals surface area (Å²) >= 11 is 12.0. The molecule has 0 saturated carbocycles. The molecule has 0 atom stereocenters. The van der Waals surface area contributed by atoms with E-state index in [1.165, 1.54) is 12.1 Å². The van der Waals surface area contributed by atoms with Crippen molar-refractivity contribution in [1.29, 1.82) is 0 Å². The monoisotopic (exact) mass is 528 g/mol. The zero-order chi connectivity index (χ0) is 25.5. The number of hydrogen-bond donors (Lipinski definition) is 1. The Bertz CT molecular complexity index is 1180. The fraction of sp³-hybridized carbons (Fsp3) is 0.259. The van der Waals surface area contributed by atoms with Crippen LogP contribution < -0.4 is 5.32 Å². The zero-order valence-electron chi connectivity index (χ0n) is 19.7. The molecule has 3 amide bonds. The lowest BCUT2D eigenvalue weighted by molar-refractivity contribution is 0.0628. The lowest BCUT2D eigenvalue weighted by Gasteiger charge is -2.36. The van der Waals surface area contributed by atoms with Crippen molar-refractivity contribution in [3.05, 3.63) is 99.8 Å². The summed E-state index contributed by atoms with van der Waals surface area (Å²) in [5.74, 6) is -0.329. The molecule has 36 heavy (non-hydrogen) atoms. The summed E-state index contributed by atoms with van der Waals surface area (Å²) in [4.78, 5) is 31.6. The molecule has 4 rings (SSSR count). The molecule has 0 aliphatic carbocycles. The molecule has 0 unspecified atom stereocenters. The molecule has 1 heterocycles. The predicted octanol–water partition coefficient (Wildman–Crippen LogP) is 5.62. The molecule has 3 aromatic carbocycles. The highest BCUT2D eigenvalue weighted by Gasteiger charge is 2.23. The largest absolute Gasteiger partial charge is 0.336 e. The zero-order valence-corrected chi connectivity index (χ0v) is 21.2. The van der Waals surface area contributed by atoms with Crippen molar-refractivity contribution in [3.8, 4) is 0 Å². The highest BCUT2D eigenvalue weighted by molar-refractivity contribution is 6.31. The van der Waals surface area contributed by atoms with Crippen molar-refractivity contribution < 1.29 is 14.0 Å². The van der Waals surface area contributed by atoms with Gasteiger partial charge in [-0.15, -0.1) is 0 Å². The van der Waals surface area contributed by atoms with E-state index in [0.717, 1.165) is 5.56 Å². The first-order valence-corrected chi connectivity index (χ1v) is 12.5. The predicted molar refractivity (Wildman–Crippen MR) is 141 cm³/mol. The first-order chi connectivity index (χ1) is 17.4. The third kappa shape index (κ3) is 7.20. The van der Waals surface area contributed by atoms with E-state index < -0.39 is 0 Å². The van der Waals surface area contributed by atoms with Crippen molar-refractivity contribution in [1.82, 2.24) is 14.7 Å². The number of hydrogen-bond acceptors (Lipinski definition) is 3. The van der Waals surface area contributed by atoms with E-state index in [2.05, 4.69) is 10.2 Å². The van der Waals surface area contributed by atoms with Crippen LogP contribution in [0.4, 0.5) is 14.9 Å². The number of carbonyl (C=O) groups excluding carboxylic acids is 2. The van der Waals surface area contributed by atoms with Gasteiger partial charge in [0, 0.05) is 67.1 Å². The number of benzene rings is 3. The average Bonchev–Trinajstić information content (AvgIpc) is 2.88. The number of piperazine rings is 1. The summed E-state index contributed by atoms with van der Waals surface area (Å²) in [6.07, 6.45) is 0. The van der Waals surface area contributed by atoms with E-state index in [1.54, 1.807) is 65.6 Å². The van der Waals surface area contributed by atoms with Crippen LogP contribution in [0, 0.1) is 5.82 Å². The lowest BCUT2D eigenvalue weighted by atomic mass is 10.2. The molecule has 1 N–H and O–H groups in total. The van der Waals surface area contributed by atoms with E-state index >= 15 is 0 Å². The van der Waals surface area contributed by atoms with Crippen LogP contribution in [0.1, 0.15) is 15.9 Å². The Morgan fingerprint density at radius 3 is 2.25 bits per heavy atom. The molecule has 1 aliphatic heterocycles. The molecular formula is C27H27Cl2FN4O2. The molecule has 9 heteroatoms. The third-order valence-electron chi connectivity index (χ3n) is 6.09. The molecule has 0 radical (unpaired) electrons. The summed E-state index contributed by atoms with van der Waals surface area (Å²) < 4.78 is 13.4. The van der Waals surface area contributed by atoms with Crippen LogP contribution in [-0.2, 0) is 6.54 Å². The van der Waals surface area contributed by atoms with Crippen molar-refractivity contribution >= 4 is 40.8 Å². The highest BCUT2D eigenvalue weighted by Crippen LogP contribution is 2.17. The quantitative estimate of drug-likeness (QED) is 0.432. The van der Waals surface area contributed by atoms with Gasteiger partial charge in [0.2, 0.25) is 0 Å². The third-order valence-corrected chi connectivity index (χ3v) is 6.57. The van der Waals surface area contributed by atoms with Crippen molar-refractivity contribution in [3.63, 3.8) is 0 Å². The molecule has 0 spiro atoms. The maximum absolute atomic E-state index is 13.4. The van der Waals surface area contributed by atoms with Gasteiger partial charge >= 0.3 is 6.03 Å². The molecule has 1 fully saturated rings. The smallest absolute Gasteiger partial charge is 0.322 e. The van der Waals surface area contributed by atoms with Gasteiger partial charge in [0.15, 0.2) is 0 Å². The first-order valence-electron chi connectivity index (χ1n) is 11.7. The van der Waals surface area contributed by atoms with Gasteiger partial charge in [-0.2, -0.15) is 0 Å². The van der Waals surface area contributed by atoms with Gasteiger partial charge in [-0.25, -0.2) is 9.18 Å². The van der Waals surface area contributed by atoms with Gasteiger partial charge in [0.05, 0.1) is 0 Å². The van der Waals surface area contributed by atoms with Gasteiger partial charge in [-0.3, -0.25) is 9.69 Å². The first kappa shape index (κ1) is 25.9. The van der Waals surface area contributed by atoms with Gasteiger partial charge < -0.3 is 15.1 Å². The van der Waals surface area contributed by atoms with E-state index in [0.29, 0.717) is 67.1 Å². The Balaban J connectivity index is 1.35. The normalized spacial score (nSPS) is 13.9. The topological polar surface area (TPSA) is 55.9 Å². The Kier molecular flexibility index (Phi) is 8.80. The number of urea groups is 1. The number of carbonyl (C=O) groups is 2. The van der Waals surface area contributed by atoms with Crippen LogP contribution >= 0.6 is 23.2 Å².